The number of benzene rings is 1. The minimum atomic E-state index is -2.92. The van der Waals surface area contributed by atoms with Gasteiger partial charge in [-0.25, -0.2) is 13.2 Å². The van der Waals surface area contributed by atoms with Gasteiger partial charge in [-0.2, -0.15) is 0 Å². The number of hydrogen-bond donors (Lipinski definition) is 2. The van der Waals surface area contributed by atoms with E-state index in [4.69, 9.17) is 0 Å². The van der Waals surface area contributed by atoms with Gasteiger partial charge in [0.15, 0.2) is 0 Å². The van der Waals surface area contributed by atoms with Crippen LogP contribution in [0.4, 0.5) is 4.79 Å². The van der Waals surface area contributed by atoms with Crippen molar-refractivity contribution in [1.82, 2.24) is 10.6 Å². The van der Waals surface area contributed by atoms with Crippen molar-refractivity contribution in [2.45, 2.75) is 44.7 Å². The Morgan fingerprint density at radius 1 is 1.25 bits per heavy atom. The normalized spacial score (nSPS) is 22.6. The number of carbonyl (C=O) groups excluding carboxylic acids is 1. The van der Waals surface area contributed by atoms with Gasteiger partial charge in [-0.1, -0.05) is 34.1 Å². The smallest absolute Gasteiger partial charge is 0.315 e. The Hall–Kier alpha value is -1.08. The molecular weight excluding hydrogens is 392 g/mol. The summed E-state index contributed by atoms with van der Waals surface area (Å²) in [4.78, 5) is 12.2. The van der Waals surface area contributed by atoms with Crippen LogP contribution < -0.4 is 10.6 Å². The Kier molecular flexibility index (Phi) is 6.69. The van der Waals surface area contributed by atoms with Crippen LogP contribution in [0, 0.1) is 5.92 Å². The van der Waals surface area contributed by atoms with E-state index in [1.165, 1.54) is 6.26 Å². The molecule has 0 aliphatic heterocycles. The predicted molar refractivity (Wildman–Crippen MR) is 99.7 cm³/mol. The van der Waals surface area contributed by atoms with Crippen LogP contribution in [0.1, 0.15) is 44.2 Å². The lowest BCUT2D eigenvalue weighted by Crippen LogP contribution is -2.44. The fraction of sp³-hybridized carbons (Fsp3) is 0.588. The molecule has 2 rings (SSSR count). The van der Waals surface area contributed by atoms with E-state index in [0.717, 1.165) is 35.7 Å². The van der Waals surface area contributed by atoms with Gasteiger partial charge in [-0.3, -0.25) is 0 Å². The Bertz CT molecular complexity index is 670. The van der Waals surface area contributed by atoms with Crippen molar-refractivity contribution in [2.75, 3.05) is 12.0 Å². The van der Waals surface area contributed by atoms with Crippen molar-refractivity contribution in [3.8, 4) is 0 Å². The quantitative estimate of drug-likeness (QED) is 0.771. The molecule has 0 radical (unpaired) electrons. The zero-order valence-electron chi connectivity index (χ0n) is 14.1. The summed E-state index contributed by atoms with van der Waals surface area (Å²) in [5, 5.41) is 5.97. The monoisotopic (exact) mass is 416 g/mol. The van der Waals surface area contributed by atoms with Crippen molar-refractivity contribution in [2.24, 2.45) is 5.92 Å². The van der Waals surface area contributed by atoms with Crippen LogP contribution in [0.2, 0.25) is 0 Å². The highest BCUT2D eigenvalue weighted by atomic mass is 79.9. The molecule has 1 aliphatic rings. The summed E-state index contributed by atoms with van der Waals surface area (Å²) in [5.41, 5.74) is 1.03. The molecule has 1 aromatic rings. The van der Waals surface area contributed by atoms with Gasteiger partial charge >= 0.3 is 6.03 Å². The van der Waals surface area contributed by atoms with Gasteiger partial charge in [0.2, 0.25) is 0 Å². The molecule has 7 heteroatoms. The molecule has 1 aliphatic carbocycles. The van der Waals surface area contributed by atoms with E-state index in [0.29, 0.717) is 0 Å². The molecule has 2 N–H and O–H groups in total. The highest BCUT2D eigenvalue weighted by molar-refractivity contribution is 9.10. The van der Waals surface area contributed by atoms with Crippen LogP contribution in [-0.4, -0.2) is 32.5 Å². The van der Waals surface area contributed by atoms with Gasteiger partial charge in [0.25, 0.3) is 0 Å². The van der Waals surface area contributed by atoms with Crippen molar-refractivity contribution >= 4 is 31.8 Å². The summed E-state index contributed by atoms with van der Waals surface area (Å²) in [6.45, 7) is 1.95. The Morgan fingerprint density at radius 3 is 2.46 bits per heavy atom. The largest absolute Gasteiger partial charge is 0.335 e. The number of nitrogens with one attached hydrogen (secondary N) is 2. The number of carbonyl (C=O) groups is 1. The lowest BCUT2D eigenvalue weighted by molar-refractivity contribution is 0.225. The number of halogens is 1. The summed E-state index contributed by atoms with van der Waals surface area (Å²) in [6.07, 6.45) is 4.64. The molecule has 1 unspecified atom stereocenters. The Morgan fingerprint density at radius 2 is 1.88 bits per heavy atom. The van der Waals surface area contributed by atoms with Gasteiger partial charge in [-0.15, -0.1) is 0 Å². The first-order valence-electron chi connectivity index (χ1n) is 8.24. The average molecular weight is 417 g/mol. The van der Waals surface area contributed by atoms with Gasteiger partial charge in [0.05, 0.1) is 11.8 Å². The molecular formula is C17H25BrN2O3S. The minimum Gasteiger partial charge on any atom is -0.335 e. The summed E-state index contributed by atoms with van der Waals surface area (Å²) in [5.74, 6) is 0.477. The third-order valence-electron chi connectivity index (χ3n) is 4.44. The lowest BCUT2D eigenvalue weighted by atomic mass is 9.87. The van der Waals surface area contributed by atoms with E-state index in [1.807, 2.05) is 31.2 Å². The molecule has 0 spiro atoms. The van der Waals surface area contributed by atoms with Gasteiger partial charge in [-0.05, 0) is 50.2 Å². The van der Waals surface area contributed by atoms with Crippen molar-refractivity contribution in [3.63, 3.8) is 0 Å². The number of amides is 2. The van der Waals surface area contributed by atoms with Crippen LogP contribution in [0.5, 0.6) is 0 Å². The topological polar surface area (TPSA) is 75.3 Å². The molecule has 1 atom stereocenters. The SMILES string of the molecule is CC(NC(=O)NC1CCC(CS(C)(=O)=O)CC1)c1ccccc1Br. The van der Waals surface area contributed by atoms with Crippen LogP contribution in [0.15, 0.2) is 28.7 Å². The van der Waals surface area contributed by atoms with Gasteiger partial charge in [0, 0.05) is 16.8 Å². The molecule has 134 valence electrons. The predicted octanol–water partition coefficient (Wildman–Crippen LogP) is 3.41. The first kappa shape index (κ1) is 19.2. The molecule has 1 fully saturated rings. The van der Waals surface area contributed by atoms with Crippen LogP contribution in [0.3, 0.4) is 0 Å². The van der Waals surface area contributed by atoms with E-state index < -0.39 is 9.84 Å². The molecule has 24 heavy (non-hydrogen) atoms. The Labute approximate surface area is 152 Å². The van der Waals surface area contributed by atoms with Gasteiger partial charge in [0.1, 0.15) is 9.84 Å². The molecule has 0 aromatic heterocycles. The number of rotatable bonds is 5. The maximum atomic E-state index is 12.2. The number of hydrogen-bond acceptors (Lipinski definition) is 3. The maximum absolute atomic E-state index is 12.2. The molecule has 2 amide bonds. The number of urea groups is 1. The summed E-state index contributed by atoms with van der Waals surface area (Å²) < 4.78 is 23.7. The molecule has 0 saturated heterocycles. The molecule has 1 saturated carbocycles. The zero-order chi connectivity index (χ0) is 17.7. The first-order chi connectivity index (χ1) is 11.2. The fourth-order valence-electron chi connectivity index (χ4n) is 3.23. The molecule has 1 aromatic carbocycles. The lowest BCUT2D eigenvalue weighted by Gasteiger charge is -2.29. The fourth-order valence-corrected chi connectivity index (χ4v) is 5.05. The van der Waals surface area contributed by atoms with E-state index in [-0.39, 0.29) is 29.8 Å². The van der Waals surface area contributed by atoms with E-state index >= 15 is 0 Å². The average Bonchev–Trinajstić information content (AvgIpc) is 2.48. The Balaban J connectivity index is 1.79. The van der Waals surface area contributed by atoms with E-state index in [1.54, 1.807) is 0 Å². The van der Waals surface area contributed by atoms with Crippen LogP contribution in [0.25, 0.3) is 0 Å². The first-order valence-corrected chi connectivity index (χ1v) is 11.1. The third-order valence-corrected chi connectivity index (χ3v) is 6.24. The van der Waals surface area contributed by atoms with Crippen LogP contribution in [-0.2, 0) is 9.84 Å². The second-order valence-corrected chi connectivity index (χ2v) is 9.71. The highest BCUT2D eigenvalue weighted by Crippen LogP contribution is 2.26. The second kappa shape index (κ2) is 8.34. The summed E-state index contributed by atoms with van der Waals surface area (Å²) in [6, 6.07) is 7.66. The second-order valence-electron chi connectivity index (χ2n) is 6.67. The summed E-state index contributed by atoms with van der Waals surface area (Å²) in [7, 11) is -2.92. The third kappa shape index (κ3) is 6.09. The van der Waals surface area contributed by atoms with E-state index in [2.05, 4.69) is 26.6 Å². The maximum Gasteiger partial charge on any atom is 0.315 e. The number of sulfone groups is 1. The molecule has 0 bridgehead atoms. The minimum absolute atomic E-state index is 0.0952. The van der Waals surface area contributed by atoms with Crippen molar-refractivity contribution < 1.29 is 13.2 Å². The molecule has 5 nitrogen and oxygen atoms in total. The highest BCUT2D eigenvalue weighted by Gasteiger charge is 2.25. The standard InChI is InChI=1S/C17H25BrN2O3S/c1-12(15-5-3-4-6-16(15)18)19-17(21)20-14-9-7-13(8-10-14)11-24(2,22)23/h3-6,12-14H,7-11H2,1-2H3,(H2,19,20,21). The van der Waals surface area contributed by atoms with Crippen molar-refractivity contribution in [3.05, 3.63) is 34.3 Å². The van der Waals surface area contributed by atoms with Crippen molar-refractivity contribution in [1.29, 1.82) is 0 Å². The van der Waals surface area contributed by atoms with Crippen LogP contribution >= 0.6 is 15.9 Å². The summed E-state index contributed by atoms with van der Waals surface area (Å²) >= 11 is 3.49. The molecule has 0 heterocycles. The van der Waals surface area contributed by atoms with Gasteiger partial charge < -0.3 is 10.6 Å². The zero-order valence-corrected chi connectivity index (χ0v) is 16.5. The van der Waals surface area contributed by atoms with E-state index in [9.17, 15) is 13.2 Å².